The summed E-state index contributed by atoms with van der Waals surface area (Å²) in [6, 6.07) is 0. The second kappa shape index (κ2) is 7.63. The van der Waals surface area contributed by atoms with Crippen molar-refractivity contribution in [2.24, 2.45) is 0 Å². The van der Waals surface area contributed by atoms with Gasteiger partial charge in [-0.15, -0.1) is 0 Å². The van der Waals surface area contributed by atoms with Crippen LogP contribution in [0.5, 0.6) is 0 Å². The summed E-state index contributed by atoms with van der Waals surface area (Å²) in [5.74, 6) is 0. The first-order valence-corrected chi connectivity index (χ1v) is 7.08. The van der Waals surface area contributed by atoms with Crippen LogP contribution in [-0.2, 0) is 14.2 Å². The zero-order valence-corrected chi connectivity index (χ0v) is 12.0. The molecule has 8 N–H and O–H groups in total. The van der Waals surface area contributed by atoms with E-state index in [-0.39, 0.29) is 0 Å². The summed E-state index contributed by atoms with van der Waals surface area (Å²) < 4.78 is 15.3. The topological polar surface area (TPSA) is 190 Å². The van der Waals surface area contributed by atoms with Crippen LogP contribution in [0, 0.1) is 0 Å². The predicted molar refractivity (Wildman–Crippen MR) is 68.6 cm³/mol. The van der Waals surface area contributed by atoms with Crippen molar-refractivity contribution >= 4 is 0 Å². The average molecular weight is 342 g/mol. The van der Waals surface area contributed by atoms with E-state index in [9.17, 15) is 35.7 Å². The molecule has 10 atom stereocenters. The van der Waals surface area contributed by atoms with Crippen LogP contribution in [0.4, 0.5) is 0 Å². The first kappa shape index (κ1) is 18.9. The van der Waals surface area contributed by atoms with Gasteiger partial charge in [0.15, 0.2) is 12.6 Å². The first-order valence-electron chi connectivity index (χ1n) is 7.08. The first-order chi connectivity index (χ1) is 10.8. The van der Waals surface area contributed by atoms with E-state index in [0.717, 1.165) is 0 Å². The van der Waals surface area contributed by atoms with Gasteiger partial charge in [-0.05, 0) is 0 Å². The molecule has 2 fully saturated rings. The van der Waals surface area contributed by atoms with Crippen molar-refractivity contribution in [3.8, 4) is 0 Å². The van der Waals surface area contributed by atoms with Crippen LogP contribution in [0.3, 0.4) is 0 Å². The summed E-state index contributed by atoms with van der Waals surface area (Å²) in [7, 11) is 0. The third-order valence-corrected chi connectivity index (χ3v) is 3.98. The van der Waals surface area contributed by atoms with E-state index in [4.69, 9.17) is 19.3 Å². The molecule has 2 saturated heterocycles. The fourth-order valence-electron chi connectivity index (χ4n) is 2.57. The molecule has 11 nitrogen and oxygen atoms in total. The van der Waals surface area contributed by atoms with Crippen molar-refractivity contribution in [1.29, 1.82) is 0 Å². The SMILES string of the molecule is OCC1O[C@@H](O[C@@H]2C(CO)O[C@@H](O)C(O)[C@@H]2O)C(O)[C@H](O)[C@@H]1O. The molecule has 0 bridgehead atoms. The number of aliphatic hydroxyl groups is 8. The van der Waals surface area contributed by atoms with Gasteiger partial charge in [0.2, 0.25) is 0 Å². The van der Waals surface area contributed by atoms with E-state index in [2.05, 4.69) is 0 Å². The second-order valence-electron chi connectivity index (χ2n) is 5.53. The van der Waals surface area contributed by atoms with Gasteiger partial charge >= 0.3 is 0 Å². The monoisotopic (exact) mass is 342 g/mol. The molecule has 2 aliphatic rings. The number of rotatable bonds is 4. The van der Waals surface area contributed by atoms with Gasteiger partial charge in [0.1, 0.15) is 48.8 Å². The van der Waals surface area contributed by atoms with Crippen LogP contribution in [-0.4, -0.2) is 115 Å². The zero-order valence-electron chi connectivity index (χ0n) is 12.0. The Kier molecular flexibility index (Phi) is 6.27. The van der Waals surface area contributed by atoms with Crippen molar-refractivity contribution in [3.05, 3.63) is 0 Å². The van der Waals surface area contributed by atoms with E-state index in [0.29, 0.717) is 0 Å². The van der Waals surface area contributed by atoms with E-state index >= 15 is 0 Å². The molecule has 136 valence electrons. The molecular weight excluding hydrogens is 320 g/mol. The maximum absolute atomic E-state index is 9.94. The summed E-state index contributed by atoms with van der Waals surface area (Å²) in [5.41, 5.74) is 0. The van der Waals surface area contributed by atoms with Crippen molar-refractivity contribution in [1.82, 2.24) is 0 Å². The Labute approximate surface area is 130 Å². The third kappa shape index (κ3) is 3.65. The molecular formula is C12H22O11. The Morgan fingerprint density at radius 2 is 1.26 bits per heavy atom. The number of aliphatic hydroxyl groups excluding tert-OH is 8. The Morgan fingerprint density at radius 1 is 0.652 bits per heavy atom. The van der Waals surface area contributed by atoms with Gasteiger partial charge in [0, 0.05) is 0 Å². The van der Waals surface area contributed by atoms with E-state index in [1.807, 2.05) is 0 Å². The summed E-state index contributed by atoms with van der Waals surface area (Å²) in [6.45, 7) is -1.35. The van der Waals surface area contributed by atoms with Crippen LogP contribution >= 0.6 is 0 Å². The third-order valence-electron chi connectivity index (χ3n) is 3.98. The molecule has 0 spiro atoms. The predicted octanol–water partition coefficient (Wildman–Crippen LogP) is -5.40. The highest BCUT2D eigenvalue weighted by atomic mass is 16.7. The number of hydrogen-bond acceptors (Lipinski definition) is 11. The lowest BCUT2D eigenvalue weighted by Crippen LogP contribution is -2.64. The normalized spacial score (nSPS) is 51.7. The Bertz CT molecular complexity index is 378. The lowest BCUT2D eigenvalue weighted by atomic mass is 9.97. The van der Waals surface area contributed by atoms with Crippen LogP contribution in [0.25, 0.3) is 0 Å². The fraction of sp³-hybridized carbons (Fsp3) is 1.00. The minimum absolute atomic E-state index is 0.667. The molecule has 4 unspecified atom stereocenters. The molecule has 2 heterocycles. The highest BCUT2D eigenvalue weighted by Gasteiger charge is 2.50. The Balaban J connectivity index is 2.11. The van der Waals surface area contributed by atoms with E-state index in [1.54, 1.807) is 0 Å². The highest BCUT2D eigenvalue weighted by molar-refractivity contribution is 4.93. The van der Waals surface area contributed by atoms with Crippen LogP contribution in [0.1, 0.15) is 0 Å². The Morgan fingerprint density at radius 3 is 1.83 bits per heavy atom. The van der Waals surface area contributed by atoms with Crippen LogP contribution in [0.2, 0.25) is 0 Å². The van der Waals surface area contributed by atoms with Gasteiger partial charge in [-0.3, -0.25) is 0 Å². The van der Waals surface area contributed by atoms with Gasteiger partial charge in [-0.25, -0.2) is 0 Å². The molecule has 0 aliphatic carbocycles. The lowest BCUT2D eigenvalue weighted by Gasteiger charge is -2.45. The smallest absolute Gasteiger partial charge is 0.187 e. The summed E-state index contributed by atoms with van der Waals surface area (Å²) in [5, 5.41) is 76.5. The summed E-state index contributed by atoms with van der Waals surface area (Å²) >= 11 is 0. The van der Waals surface area contributed by atoms with Gasteiger partial charge in [-0.2, -0.15) is 0 Å². The molecule has 0 amide bonds. The van der Waals surface area contributed by atoms with Crippen LogP contribution in [0.15, 0.2) is 0 Å². The molecule has 0 radical (unpaired) electrons. The summed E-state index contributed by atoms with van der Waals surface area (Å²) in [4.78, 5) is 0. The molecule has 0 saturated carbocycles. The van der Waals surface area contributed by atoms with Crippen LogP contribution < -0.4 is 0 Å². The fourth-order valence-corrected chi connectivity index (χ4v) is 2.57. The number of ether oxygens (including phenoxy) is 3. The van der Waals surface area contributed by atoms with Crippen molar-refractivity contribution < 1.29 is 55.1 Å². The maximum Gasteiger partial charge on any atom is 0.187 e. The van der Waals surface area contributed by atoms with Gasteiger partial charge in [0.25, 0.3) is 0 Å². The maximum atomic E-state index is 9.94. The molecule has 11 heteroatoms. The zero-order chi connectivity index (χ0) is 17.3. The minimum atomic E-state index is -1.74. The molecule has 2 rings (SSSR count). The number of hydrogen-bond donors (Lipinski definition) is 8. The highest BCUT2D eigenvalue weighted by Crippen LogP contribution is 2.28. The summed E-state index contributed by atoms with van der Waals surface area (Å²) in [6.07, 6.45) is -15.6. The van der Waals surface area contributed by atoms with Gasteiger partial charge in [0.05, 0.1) is 13.2 Å². The van der Waals surface area contributed by atoms with Gasteiger partial charge < -0.3 is 55.1 Å². The second-order valence-corrected chi connectivity index (χ2v) is 5.53. The molecule has 23 heavy (non-hydrogen) atoms. The van der Waals surface area contributed by atoms with E-state index < -0.39 is 74.6 Å². The average Bonchev–Trinajstić information content (AvgIpc) is 2.55. The van der Waals surface area contributed by atoms with Gasteiger partial charge in [-0.1, -0.05) is 0 Å². The standard InChI is InChI=1S/C12H22O11/c13-1-3-5(15)6(16)9(19)12(22-3)23-10-4(2-14)21-11(20)8(18)7(10)17/h3-20H,1-2H2/t3?,4?,5-,6-,7+,8?,9?,10-,11-,12+/m1/s1. The van der Waals surface area contributed by atoms with Crippen molar-refractivity contribution in [3.63, 3.8) is 0 Å². The van der Waals surface area contributed by atoms with E-state index in [1.165, 1.54) is 0 Å². The molecule has 0 aromatic rings. The minimum Gasteiger partial charge on any atom is -0.394 e. The largest absolute Gasteiger partial charge is 0.394 e. The molecule has 2 aliphatic heterocycles. The van der Waals surface area contributed by atoms with Crippen molar-refractivity contribution in [2.45, 2.75) is 61.4 Å². The lowest BCUT2D eigenvalue weighted by molar-refractivity contribution is -0.355. The quantitative estimate of drug-likeness (QED) is 0.243. The molecule has 0 aromatic carbocycles. The van der Waals surface area contributed by atoms with Crippen molar-refractivity contribution in [2.75, 3.05) is 13.2 Å². The molecule has 0 aromatic heterocycles. The Hall–Kier alpha value is -0.440.